The van der Waals surface area contributed by atoms with Gasteiger partial charge in [-0.05, 0) is 24.6 Å². The number of aliphatic carboxylic acids is 1. The Kier molecular flexibility index (Phi) is 7.62. The van der Waals surface area contributed by atoms with E-state index in [2.05, 4.69) is 15.3 Å². The number of ether oxygens (including phenoxy) is 1. The molecule has 2 aromatic rings. The maximum Gasteiger partial charge on any atom is 0.312 e. The zero-order valence-electron chi connectivity index (χ0n) is 18.9. The quantitative estimate of drug-likeness (QED) is 0.561. The standard InChI is InChI=1S/C25H27ClN4O4/c1-17(25(32)33)23-22(24(31)30(28-23)21-10-6-5-9-19(21)26)20(16-29-11-13-34-14-12-29)27-15-18-7-3-2-4-8-18/h2-10,17,27H,11-16H2,1H3,(H,32,33). The number of nitrogens with zero attached hydrogens (tertiary/aromatic N) is 3. The van der Waals surface area contributed by atoms with Gasteiger partial charge in [0, 0.05) is 31.9 Å². The van der Waals surface area contributed by atoms with Crippen LogP contribution in [0.4, 0.5) is 5.69 Å². The highest BCUT2D eigenvalue weighted by Gasteiger charge is 2.39. The number of rotatable bonds is 8. The van der Waals surface area contributed by atoms with E-state index in [9.17, 15) is 14.7 Å². The molecule has 1 fully saturated rings. The van der Waals surface area contributed by atoms with Gasteiger partial charge in [-0.25, -0.2) is 0 Å². The van der Waals surface area contributed by atoms with Gasteiger partial charge in [-0.1, -0.05) is 54.1 Å². The van der Waals surface area contributed by atoms with E-state index in [-0.39, 0.29) is 11.3 Å². The molecule has 2 aliphatic rings. The van der Waals surface area contributed by atoms with Crippen LogP contribution in [0.2, 0.25) is 5.02 Å². The molecule has 9 heteroatoms. The van der Waals surface area contributed by atoms with Gasteiger partial charge in [-0.15, -0.1) is 0 Å². The summed E-state index contributed by atoms with van der Waals surface area (Å²) in [5, 5.41) is 19.2. The fraction of sp³-hybridized carbons (Fsp3) is 0.320. The van der Waals surface area contributed by atoms with E-state index in [1.54, 1.807) is 24.3 Å². The minimum absolute atomic E-state index is 0.209. The number of carboxylic acid groups (broad SMARTS) is 1. The summed E-state index contributed by atoms with van der Waals surface area (Å²) in [5.74, 6) is -2.44. The maximum atomic E-state index is 13.7. The summed E-state index contributed by atoms with van der Waals surface area (Å²) in [4.78, 5) is 27.8. The van der Waals surface area contributed by atoms with E-state index in [0.29, 0.717) is 55.8 Å². The number of hydrogen-bond acceptors (Lipinski definition) is 6. The number of carbonyl (C=O) groups is 2. The van der Waals surface area contributed by atoms with Crippen molar-refractivity contribution in [2.75, 3.05) is 37.9 Å². The molecule has 2 heterocycles. The summed E-state index contributed by atoms with van der Waals surface area (Å²) in [7, 11) is 0. The Balaban J connectivity index is 1.76. The predicted octanol–water partition coefficient (Wildman–Crippen LogP) is 3.14. The van der Waals surface area contributed by atoms with E-state index in [4.69, 9.17) is 16.3 Å². The number of halogens is 1. The number of anilines is 1. The van der Waals surface area contributed by atoms with Gasteiger partial charge in [0.15, 0.2) is 0 Å². The van der Waals surface area contributed by atoms with Gasteiger partial charge in [0.05, 0.1) is 41.1 Å². The Bertz CT molecular complexity index is 1110. The van der Waals surface area contributed by atoms with Crippen LogP contribution in [0.1, 0.15) is 12.5 Å². The van der Waals surface area contributed by atoms with Gasteiger partial charge in [0.2, 0.25) is 0 Å². The molecule has 4 rings (SSSR count). The number of hydrogen-bond donors (Lipinski definition) is 2. The minimum Gasteiger partial charge on any atom is -0.481 e. The van der Waals surface area contributed by atoms with Crippen LogP contribution in [0.15, 0.2) is 71.0 Å². The first-order valence-corrected chi connectivity index (χ1v) is 11.5. The molecule has 0 radical (unpaired) electrons. The normalized spacial score (nSPS) is 19.1. The third kappa shape index (κ3) is 5.30. The molecule has 34 heavy (non-hydrogen) atoms. The first-order valence-electron chi connectivity index (χ1n) is 11.2. The largest absolute Gasteiger partial charge is 0.481 e. The number of carboxylic acids is 1. The topological polar surface area (TPSA) is 94.5 Å². The van der Waals surface area contributed by atoms with Crippen LogP contribution in [-0.2, 0) is 20.9 Å². The van der Waals surface area contributed by atoms with Gasteiger partial charge in [0.25, 0.3) is 5.91 Å². The van der Waals surface area contributed by atoms with Crippen LogP contribution < -0.4 is 10.3 Å². The summed E-state index contributed by atoms with van der Waals surface area (Å²) in [6.07, 6.45) is 0. The van der Waals surface area contributed by atoms with Crippen molar-refractivity contribution >= 4 is 34.9 Å². The summed E-state index contributed by atoms with van der Waals surface area (Å²) >= 11 is 6.35. The Morgan fingerprint density at radius 2 is 1.82 bits per heavy atom. The molecular weight excluding hydrogens is 456 g/mol. The molecule has 1 amide bonds. The zero-order chi connectivity index (χ0) is 24.1. The van der Waals surface area contributed by atoms with Gasteiger partial charge in [0.1, 0.15) is 0 Å². The summed E-state index contributed by atoms with van der Waals surface area (Å²) in [5.41, 5.74) is 2.57. The van der Waals surface area contributed by atoms with E-state index >= 15 is 0 Å². The second kappa shape index (κ2) is 10.8. The van der Waals surface area contributed by atoms with Gasteiger partial charge >= 0.3 is 5.97 Å². The number of hydrazone groups is 1. The summed E-state index contributed by atoms with van der Waals surface area (Å²) in [6.45, 7) is 5.10. The highest BCUT2D eigenvalue weighted by Crippen LogP contribution is 2.33. The Hall–Kier alpha value is -3.20. The Morgan fingerprint density at radius 1 is 1.15 bits per heavy atom. The SMILES string of the molecule is CC(C(=O)O)C1=NN(c2ccccc2Cl)C(=O)C1=C(CN1CCOCC1)NCc1ccccc1. The highest BCUT2D eigenvalue weighted by molar-refractivity contribution is 6.37. The maximum absolute atomic E-state index is 13.7. The van der Waals surface area contributed by atoms with E-state index in [1.807, 2.05) is 30.3 Å². The number of para-hydroxylation sites is 1. The first-order chi connectivity index (χ1) is 16.5. The van der Waals surface area contributed by atoms with Crippen molar-refractivity contribution in [3.63, 3.8) is 0 Å². The summed E-state index contributed by atoms with van der Waals surface area (Å²) in [6, 6.07) is 16.7. The third-order valence-corrected chi connectivity index (χ3v) is 6.19. The lowest BCUT2D eigenvalue weighted by atomic mass is 9.96. The molecule has 0 saturated carbocycles. The first kappa shape index (κ1) is 23.9. The predicted molar refractivity (Wildman–Crippen MR) is 131 cm³/mol. The van der Waals surface area contributed by atoms with Gasteiger partial charge < -0.3 is 15.2 Å². The van der Waals surface area contributed by atoms with Crippen LogP contribution in [0.25, 0.3) is 0 Å². The molecular formula is C25H27ClN4O4. The summed E-state index contributed by atoms with van der Waals surface area (Å²) < 4.78 is 5.47. The average molecular weight is 483 g/mol. The van der Waals surface area contributed by atoms with Crippen molar-refractivity contribution < 1.29 is 19.4 Å². The zero-order valence-corrected chi connectivity index (χ0v) is 19.7. The van der Waals surface area contributed by atoms with Crippen molar-refractivity contribution in [3.8, 4) is 0 Å². The van der Waals surface area contributed by atoms with Crippen molar-refractivity contribution in [2.45, 2.75) is 13.5 Å². The van der Waals surface area contributed by atoms with Crippen LogP contribution in [0.3, 0.4) is 0 Å². The molecule has 1 unspecified atom stereocenters. The molecule has 0 spiro atoms. The van der Waals surface area contributed by atoms with Crippen LogP contribution >= 0.6 is 11.6 Å². The monoisotopic (exact) mass is 482 g/mol. The molecule has 2 N–H and O–H groups in total. The fourth-order valence-corrected chi connectivity index (χ4v) is 4.14. The average Bonchev–Trinajstić information content (AvgIpc) is 3.19. The number of nitrogens with one attached hydrogen (secondary N) is 1. The molecule has 0 aromatic heterocycles. The van der Waals surface area contributed by atoms with E-state index in [0.717, 1.165) is 5.56 Å². The van der Waals surface area contributed by atoms with Crippen molar-refractivity contribution in [1.82, 2.24) is 10.2 Å². The van der Waals surface area contributed by atoms with Gasteiger partial charge in [-0.3, -0.25) is 14.5 Å². The van der Waals surface area contributed by atoms with Crippen LogP contribution in [0.5, 0.6) is 0 Å². The second-order valence-corrected chi connectivity index (χ2v) is 8.60. The molecule has 1 saturated heterocycles. The molecule has 2 aromatic carbocycles. The van der Waals surface area contributed by atoms with Crippen LogP contribution in [0, 0.1) is 5.92 Å². The molecule has 2 aliphatic heterocycles. The smallest absolute Gasteiger partial charge is 0.312 e. The minimum atomic E-state index is -1.06. The lowest BCUT2D eigenvalue weighted by Gasteiger charge is -2.29. The van der Waals surface area contributed by atoms with E-state index < -0.39 is 17.8 Å². The second-order valence-electron chi connectivity index (χ2n) is 8.19. The lowest BCUT2D eigenvalue weighted by molar-refractivity contribution is -0.138. The van der Waals surface area contributed by atoms with Crippen molar-refractivity contribution in [3.05, 3.63) is 76.5 Å². The lowest BCUT2D eigenvalue weighted by Crippen LogP contribution is -2.41. The molecule has 178 valence electrons. The number of benzene rings is 2. The number of morpholine rings is 1. The molecule has 0 bridgehead atoms. The third-order valence-electron chi connectivity index (χ3n) is 5.87. The molecule has 1 atom stereocenters. The Morgan fingerprint density at radius 3 is 2.50 bits per heavy atom. The number of carbonyl (C=O) groups excluding carboxylic acids is 1. The van der Waals surface area contributed by atoms with E-state index in [1.165, 1.54) is 11.9 Å². The molecule has 0 aliphatic carbocycles. The van der Waals surface area contributed by atoms with Crippen molar-refractivity contribution in [2.24, 2.45) is 11.0 Å². The molecule has 8 nitrogen and oxygen atoms in total. The highest BCUT2D eigenvalue weighted by atomic mass is 35.5. The van der Waals surface area contributed by atoms with Gasteiger partial charge in [-0.2, -0.15) is 10.1 Å². The number of amides is 1. The van der Waals surface area contributed by atoms with Crippen molar-refractivity contribution in [1.29, 1.82) is 0 Å². The fourth-order valence-electron chi connectivity index (χ4n) is 3.92. The van der Waals surface area contributed by atoms with Crippen LogP contribution in [-0.4, -0.2) is 60.4 Å². The Labute approximate surface area is 203 Å².